The molecule has 0 aliphatic heterocycles. The summed E-state index contributed by atoms with van der Waals surface area (Å²) in [6.07, 6.45) is 15.3. The summed E-state index contributed by atoms with van der Waals surface area (Å²) in [7, 11) is 0. The van der Waals surface area contributed by atoms with Gasteiger partial charge < -0.3 is 9.90 Å². The molecule has 230 valence electrons. The van der Waals surface area contributed by atoms with Crippen LogP contribution in [0.15, 0.2) is 113 Å². The first-order valence-electron chi connectivity index (χ1n) is 17.0. The molecule has 5 aromatic carbocycles. The van der Waals surface area contributed by atoms with E-state index >= 15 is 0 Å². The van der Waals surface area contributed by atoms with Gasteiger partial charge in [-0.1, -0.05) is 129 Å². The Balaban J connectivity index is 1.12. The Morgan fingerprint density at radius 2 is 1.61 bits per heavy atom. The number of carbonyl (C=O) groups is 1. The van der Waals surface area contributed by atoms with Crippen LogP contribution in [-0.2, 0) is 11.2 Å². The van der Waals surface area contributed by atoms with Gasteiger partial charge in [0.25, 0.3) is 0 Å². The van der Waals surface area contributed by atoms with E-state index in [1.807, 2.05) is 0 Å². The number of aliphatic hydroxyl groups excluding tert-OH is 1. The molecule has 3 aliphatic carbocycles. The zero-order chi connectivity index (χ0) is 31.6. The van der Waals surface area contributed by atoms with Crippen LogP contribution in [-0.4, -0.2) is 17.5 Å². The topological polar surface area (TPSA) is 37.3 Å². The largest absolute Gasteiger partial charge is 0.393 e. The average molecular weight is 603 g/mol. The van der Waals surface area contributed by atoms with Gasteiger partial charge in [0.2, 0.25) is 0 Å². The number of aliphatic hydroxyl groups is 1. The number of hydrogen-bond acceptors (Lipinski definition) is 2. The third kappa shape index (κ3) is 4.86. The molecule has 0 bridgehead atoms. The monoisotopic (exact) mass is 602 g/mol. The van der Waals surface area contributed by atoms with Crippen molar-refractivity contribution >= 4 is 44.7 Å². The summed E-state index contributed by atoms with van der Waals surface area (Å²) in [5.41, 5.74) is 10.2. The fraction of sp³-hybridized carbons (Fsp3) is 0.295. The summed E-state index contributed by atoms with van der Waals surface area (Å²) in [6.45, 7) is 6.34. The van der Waals surface area contributed by atoms with Gasteiger partial charge in [0.1, 0.15) is 6.29 Å². The van der Waals surface area contributed by atoms with Crippen molar-refractivity contribution in [3.63, 3.8) is 0 Å². The lowest BCUT2D eigenvalue weighted by Gasteiger charge is -2.36. The number of fused-ring (bicyclic) bond motifs is 1. The van der Waals surface area contributed by atoms with Gasteiger partial charge in [-0.3, -0.25) is 0 Å². The number of carbonyl (C=O) groups excluding carboxylic acids is 1. The number of aldehydes is 1. The van der Waals surface area contributed by atoms with Crippen molar-refractivity contribution in [2.24, 2.45) is 17.3 Å². The lowest BCUT2D eigenvalue weighted by molar-refractivity contribution is -0.109. The first-order chi connectivity index (χ1) is 22.3. The van der Waals surface area contributed by atoms with Crippen LogP contribution in [0.25, 0.3) is 49.5 Å². The van der Waals surface area contributed by atoms with Crippen LogP contribution in [0, 0.1) is 17.3 Å². The Labute approximate surface area is 272 Å². The first kappa shape index (κ1) is 29.2. The second-order valence-electron chi connectivity index (χ2n) is 14.8. The van der Waals surface area contributed by atoms with Crippen molar-refractivity contribution in [1.29, 1.82) is 0 Å². The molecule has 0 radical (unpaired) electrons. The van der Waals surface area contributed by atoms with Crippen LogP contribution < -0.4 is 0 Å². The van der Waals surface area contributed by atoms with Gasteiger partial charge in [0.15, 0.2) is 0 Å². The summed E-state index contributed by atoms with van der Waals surface area (Å²) in [5, 5.41) is 18.8. The lowest BCUT2D eigenvalue weighted by Crippen LogP contribution is -2.30. The van der Waals surface area contributed by atoms with Gasteiger partial charge in [0, 0.05) is 0 Å². The minimum atomic E-state index is -0.349. The van der Waals surface area contributed by atoms with Crippen LogP contribution in [0.2, 0.25) is 0 Å². The molecule has 5 aromatic rings. The number of benzene rings is 5. The van der Waals surface area contributed by atoms with Crippen molar-refractivity contribution in [2.45, 2.75) is 65.4 Å². The third-order valence-electron chi connectivity index (χ3n) is 11.1. The highest BCUT2D eigenvalue weighted by atomic mass is 16.3. The van der Waals surface area contributed by atoms with Gasteiger partial charge >= 0.3 is 0 Å². The van der Waals surface area contributed by atoms with Gasteiger partial charge in [-0.05, 0) is 116 Å². The summed E-state index contributed by atoms with van der Waals surface area (Å²) in [5.74, 6) is 0.125. The molecule has 0 saturated heterocycles. The summed E-state index contributed by atoms with van der Waals surface area (Å²) >= 11 is 0. The van der Waals surface area contributed by atoms with Gasteiger partial charge in [0.05, 0.1) is 12.0 Å². The van der Waals surface area contributed by atoms with E-state index in [2.05, 4.69) is 118 Å². The van der Waals surface area contributed by atoms with E-state index in [9.17, 15) is 9.90 Å². The van der Waals surface area contributed by atoms with Crippen LogP contribution in [0.4, 0.5) is 0 Å². The minimum Gasteiger partial charge on any atom is -0.393 e. The van der Waals surface area contributed by atoms with E-state index in [1.165, 1.54) is 83.1 Å². The molecule has 0 amide bonds. The molecule has 3 atom stereocenters. The molecule has 3 aliphatic rings. The maximum Gasteiger partial charge on any atom is 0.131 e. The molecule has 8 rings (SSSR count). The highest BCUT2D eigenvalue weighted by molar-refractivity contribution is 6.25. The standard InChI is InChI=1S/C44H42O2/c1-44(2,3)41(46)25-34-19-21-38(37-10-5-4-9-35(34)37)40(26-45)33-16-14-30-23-32(15-13-31(30)24-33)36-20-17-29-12-11-27-7-6-8-28-18-22-39(36)43(29)42(27)28/h4-8,11-13,15,17-18,20-24,26,34,40-41,46H,9-10,14,16,19,25H2,1-3H3. The quantitative estimate of drug-likeness (QED) is 0.119. The molecule has 0 saturated carbocycles. The van der Waals surface area contributed by atoms with Gasteiger partial charge in [-0.25, -0.2) is 0 Å². The van der Waals surface area contributed by atoms with Crippen molar-refractivity contribution in [3.05, 3.63) is 124 Å². The molecular formula is C44H42O2. The SMILES string of the molecule is CC(C)(C)C(O)CC1CC=C(C(C=O)C2=Cc3ccc(-c4ccc5ccc6cccc7ccc4c5c67)cc3CC2)C2=C1CC=CC2. The third-order valence-corrected chi connectivity index (χ3v) is 11.1. The Morgan fingerprint density at radius 3 is 2.39 bits per heavy atom. The molecule has 1 N–H and O–H groups in total. The van der Waals surface area contributed by atoms with E-state index in [1.54, 1.807) is 0 Å². The van der Waals surface area contributed by atoms with Crippen molar-refractivity contribution in [2.75, 3.05) is 0 Å². The predicted molar refractivity (Wildman–Crippen MR) is 193 cm³/mol. The second kappa shape index (κ2) is 11.2. The molecule has 2 heteroatoms. The van der Waals surface area contributed by atoms with Crippen molar-refractivity contribution in [1.82, 2.24) is 0 Å². The first-order valence-corrected chi connectivity index (χ1v) is 17.0. The van der Waals surface area contributed by atoms with Crippen LogP contribution in [0.1, 0.15) is 64.0 Å². The van der Waals surface area contributed by atoms with Crippen LogP contribution in [0.5, 0.6) is 0 Å². The summed E-state index contributed by atoms with van der Waals surface area (Å²) in [4.78, 5) is 12.8. The number of rotatable bonds is 6. The number of aryl methyl sites for hydroxylation is 1. The average Bonchev–Trinajstić information content (AvgIpc) is 3.07. The van der Waals surface area contributed by atoms with Crippen LogP contribution in [0.3, 0.4) is 0 Å². The van der Waals surface area contributed by atoms with E-state index in [0.29, 0.717) is 5.92 Å². The molecule has 2 nitrogen and oxygen atoms in total. The maximum atomic E-state index is 12.8. The zero-order valence-electron chi connectivity index (χ0n) is 27.1. The molecule has 0 heterocycles. The fourth-order valence-electron chi connectivity index (χ4n) is 8.37. The van der Waals surface area contributed by atoms with Crippen molar-refractivity contribution in [3.8, 4) is 11.1 Å². The molecule has 0 spiro atoms. The Morgan fingerprint density at radius 1 is 0.870 bits per heavy atom. The zero-order valence-corrected chi connectivity index (χ0v) is 27.1. The molecule has 0 fully saturated rings. The molecule has 0 aromatic heterocycles. The molecule has 46 heavy (non-hydrogen) atoms. The van der Waals surface area contributed by atoms with Crippen molar-refractivity contribution < 1.29 is 9.90 Å². The highest BCUT2D eigenvalue weighted by Gasteiger charge is 2.33. The smallest absolute Gasteiger partial charge is 0.131 e. The van der Waals surface area contributed by atoms with E-state index in [4.69, 9.17) is 0 Å². The van der Waals surface area contributed by atoms with Crippen LogP contribution >= 0.6 is 0 Å². The maximum absolute atomic E-state index is 12.8. The summed E-state index contributed by atoms with van der Waals surface area (Å²) < 4.78 is 0. The van der Waals surface area contributed by atoms with Gasteiger partial charge in [-0.2, -0.15) is 0 Å². The predicted octanol–water partition coefficient (Wildman–Crippen LogP) is 10.8. The Bertz CT molecular complexity index is 2110. The van der Waals surface area contributed by atoms with E-state index in [0.717, 1.165) is 38.5 Å². The number of hydrogen-bond donors (Lipinski definition) is 1. The molecular weight excluding hydrogens is 560 g/mol. The molecule has 3 unspecified atom stereocenters. The second-order valence-corrected chi connectivity index (χ2v) is 14.8. The fourth-order valence-corrected chi connectivity index (χ4v) is 8.37. The highest BCUT2D eigenvalue weighted by Crippen LogP contribution is 2.46. The van der Waals surface area contributed by atoms with E-state index in [-0.39, 0.29) is 17.4 Å². The van der Waals surface area contributed by atoms with Gasteiger partial charge in [-0.15, -0.1) is 0 Å². The Hall–Kier alpha value is -4.27. The van der Waals surface area contributed by atoms with E-state index < -0.39 is 0 Å². The lowest BCUT2D eigenvalue weighted by atomic mass is 9.69. The minimum absolute atomic E-state index is 0.138. The summed E-state index contributed by atoms with van der Waals surface area (Å²) in [6, 6.07) is 27.1. The normalized spacial score (nSPS) is 19.6. The Kier molecular flexibility index (Phi) is 7.10. The number of allylic oxidation sites excluding steroid dienone is 7.